The second kappa shape index (κ2) is 6.68. The van der Waals surface area contributed by atoms with Crippen molar-refractivity contribution >= 4 is 10.0 Å². The van der Waals surface area contributed by atoms with E-state index < -0.39 is 10.0 Å². The molecular formula is C11H24N2O3S. The lowest BCUT2D eigenvalue weighted by Gasteiger charge is -2.29. The molecule has 0 aromatic heterocycles. The van der Waals surface area contributed by atoms with Gasteiger partial charge in [0.2, 0.25) is 10.0 Å². The third kappa shape index (κ3) is 4.21. The van der Waals surface area contributed by atoms with Gasteiger partial charge >= 0.3 is 0 Å². The zero-order chi connectivity index (χ0) is 12.9. The standard InChI is InChI=1S/C11H24N2O3S/c1-3-10(4-2)11(12)9-17(14,15)13-5-7-16-8-6-13/h10-11H,3-9,12H2,1-2H3. The second-order valence-electron chi connectivity index (χ2n) is 4.53. The van der Waals surface area contributed by atoms with Crippen LogP contribution in [0.25, 0.3) is 0 Å². The molecule has 2 N–H and O–H groups in total. The third-order valence-corrected chi connectivity index (χ3v) is 5.38. The maximum absolute atomic E-state index is 12.1. The van der Waals surface area contributed by atoms with E-state index >= 15 is 0 Å². The molecule has 1 fully saturated rings. The van der Waals surface area contributed by atoms with Gasteiger partial charge < -0.3 is 10.5 Å². The smallest absolute Gasteiger partial charge is 0.215 e. The summed E-state index contributed by atoms with van der Waals surface area (Å²) in [6, 6.07) is -0.266. The lowest BCUT2D eigenvalue weighted by molar-refractivity contribution is 0.0729. The molecule has 1 atom stereocenters. The van der Waals surface area contributed by atoms with Gasteiger partial charge in [-0.3, -0.25) is 0 Å². The maximum atomic E-state index is 12.1. The summed E-state index contributed by atoms with van der Waals surface area (Å²) in [7, 11) is -3.22. The largest absolute Gasteiger partial charge is 0.379 e. The van der Waals surface area contributed by atoms with Crippen molar-refractivity contribution < 1.29 is 13.2 Å². The van der Waals surface area contributed by atoms with Crippen LogP contribution in [0.3, 0.4) is 0 Å². The minimum atomic E-state index is -3.22. The van der Waals surface area contributed by atoms with Gasteiger partial charge in [-0.2, -0.15) is 4.31 Å². The third-order valence-electron chi connectivity index (χ3n) is 3.42. The summed E-state index contributed by atoms with van der Waals surface area (Å²) in [5.41, 5.74) is 5.99. The van der Waals surface area contributed by atoms with Crippen LogP contribution in [0.15, 0.2) is 0 Å². The molecule has 6 heteroatoms. The van der Waals surface area contributed by atoms with Crippen LogP contribution in [0.4, 0.5) is 0 Å². The molecule has 0 aliphatic carbocycles. The molecule has 1 aliphatic rings. The first-order valence-electron chi connectivity index (χ1n) is 6.32. The predicted octanol–water partition coefficient (Wildman–Crippen LogP) is 0.412. The molecule has 1 unspecified atom stereocenters. The molecule has 0 saturated carbocycles. The molecule has 5 nitrogen and oxygen atoms in total. The SMILES string of the molecule is CCC(CC)C(N)CS(=O)(=O)N1CCOCC1. The Labute approximate surface area is 104 Å². The number of ether oxygens (including phenoxy) is 1. The summed E-state index contributed by atoms with van der Waals surface area (Å²) >= 11 is 0. The van der Waals surface area contributed by atoms with E-state index in [2.05, 4.69) is 13.8 Å². The number of morpholine rings is 1. The highest BCUT2D eigenvalue weighted by Crippen LogP contribution is 2.15. The van der Waals surface area contributed by atoms with E-state index in [0.29, 0.717) is 26.3 Å². The summed E-state index contributed by atoms with van der Waals surface area (Å²) in [5.74, 6) is 0.338. The Kier molecular flexibility index (Phi) is 5.85. The van der Waals surface area contributed by atoms with Crippen molar-refractivity contribution in [3.63, 3.8) is 0 Å². The van der Waals surface area contributed by atoms with E-state index in [1.54, 1.807) is 0 Å². The Morgan fingerprint density at radius 3 is 2.24 bits per heavy atom. The van der Waals surface area contributed by atoms with E-state index in [9.17, 15) is 8.42 Å². The average molecular weight is 264 g/mol. The van der Waals surface area contributed by atoms with Crippen LogP contribution < -0.4 is 5.73 Å². The lowest BCUT2D eigenvalue weighted by atomic mass is 9.96. The number of rotatable bonds is 6. The Bertz CT molecular complexity index is 309. The zero-order valence-corrected chi connectivity index (χ0v) is 11.6. The van der Waals surface area contributed by atoms with Crippen LogP contribution in [0.5, 0.6) is 0 Å². The van der Waals surface area contributed by atoms with Crippen LogP contribution in [0, 0.1) is 5.92 Å². The van der Waals surface area contributed by atoms with Crippen molar-refractivity contribution in [3.05, 3.63) is 0 Å². The summed E-state index contributed by atoms with van der Waals surface area (Å²) in [6.07, 6.45) is 1.85. The average Bonchev–Trinajstić information content (AvgIpc) is 2.31. The van der Waals surface area contributed by atoms with Gasteiger partial charge in [0.15, 0.2) is 0 Å². The quantitative estimate of drug-likeness (QED) is 0.754. The van der Waals surface area contributed by atoms with Gasteiger partial charge in [0, 0.05) is 19.1 Å². The van der Waals surface area contributed by atoms with Crippen molar-refractivity contribution in [1.82, 2.24) is 4.31 Å². The Balaban J connectivity index is 2.58. The van der Waals surface area contributed by atoms with Crippen molar-refractivity contribution in [1.29, 1.82) is 0 Å². The Morgan fingerprint density at radius 1 is 1.24 bits per heavy atom. The molecule has 1 aliphatic heterocycles. The Morgan fingerprint density at radius 2 is 1.76 bits per heavy atom. The summed E-state index contributed by atoms with van der Waals surface area (Å²) < 4.78 is 30.9. The normalized spacial score (nSPS) is 20.7. The first-order chi connectivity index (χ1) is 8.01. The predicted molar refractivity (Wildman–Crippen MR) is 68.2 cm³/mol. The molecule has 17 heavy (non-hydrogen) atoms. The van der Waals surface area contributed by atoms with Gasteiger partial charge in [-0.25, -0.2) is 8.42 Å². The van der Waals surface area contributed by atoms with E-state index in [4.69, 9.17) is 10.5 Å². The number of hydrogen-bond donors (Lipinski definition) is 1. The van der Waals surface area contributed by atoms with Gasteiger partial charge in [0.05, 0.1) is 19.0 Å². The van der Waals surface area contributed by atoms with Gasteiger partial charge in [-0.05, 0) is 5.92 Å². The molecular weight excluding hydrogens is 240 g/mol. The van der Waals surface area contributed by atoms with Crippen molar-refractivity contribution in [2.75, 3.05) is 32.1 Å². The first kappa shape index (κ1) is 14.9. The summed E-state index contributed by atoms with van der Waals surface area (Å²) in [6.45, 7) is 5.99. The zero-order valence-electron chi connectivity index (χ0n) is 10.8. The molecule has 1 saturated heterocycles. The van der Waals surface area contributed by atoms with Crippen molar-refractivity contribution in [2.45, 2.75) is 32.7 Å². The number of nitrogens with zero attached hydrogens (tertiary/aromatic N) is 1. The Hall–Kier alpha value is -0.170. The fraction of sp³-hybridized carbons (Fsp3) is 1.00. The fourth-order valence-corrected chi connectivity index (χ4v) is 3.88. The molecule has 0 aromatic carbocycles. The first-order valence-corrected chi connectivity index (χ1v) is 7.93. The van der Waals surface area contributed by atoms with Gasteiger partial charge in [-0.1, -0.05) is 26.7 Å². The molecule has 102 valence electrons. The van der Waals surface area contributed by atoms with E-state index in [1.165, 1.54) is 4.31 Å². The van der Waals surface area contributed by atoms with Crippen LogP contribution in [-0.2, 0) is 14.8 Å². The number of nitrogens with two attached hydrogens (primary N) is 1. The highest BCUT2D eigenvalue weighted by atomic mass is 32.2. The van der Waals surface area contributed by atoms with E-state index in [-0.39, 0.29) is 17.7 Å². The molecule has 0 aromatic rings. The molecule has 0 bridgehead atoms. The maximum Gasteiger partial charge on any atom is 0.215 e. The van der Waals surface area contributed by atoms with E-state index in [0.717, 1.165) is 12.8 Å². The minimum absolute atomic E-state index is 0.0549. The molecule has 1 rings (SSSR count). The summed E-state index contributed by atoms with van der Waals surface area (Å²) in [5, 5.41) is 0. The topological polar surface area (TPSA) is 72.6 Å². The van der Waals surface area contributed by atoms with Crippen LogP contribution in [0.1, 0.15) is 26.7 Å². The highest BCUT2D eigenvalue weighted by Gasteiger charge is 2.28. The van der Waals surface area contributed by atoms with Gasteiger partial charge in [0.25, 0.3) is 0 Å². The van der Waals surface area contributed by atoms with Crippen LogP contribution >= 0.6 is 0 Å². The van der Waals surface area contributed by atoms with E-state index in [1.807, 2.05) is 0 Å². The fourth-order valence-electron chi connectivity index (χ4n) is 2.20. The highest BCUT2D eigenvalue weighted by molar-refractivity contribution is 7.89. The van der Waals surface area contributed by atoms with Gasteiger partial charge in [0.1, 0.15) is 0 Å². The molecule has 0 radical (unpaired) electrons. The molecule has 1 heterocycles. The summed E-state index contributed by atoms with van der Waals surface area (Å²) in [4.78, 5) is 0. The van der Waals surface area contributed by atoms with Crippen molar-refractivity contribution in [3.8, 4) is 0 Å². The molecule has 0 amide bonds. The number of sulfonamides is 1. The van der Waals surface area contributed by atoms with Crippen LogP contribution in [0.2, 0.25) is 0 Å². The molecule has 0 spiro atoms. The second-order valence-corrected chi connectivity index (χ2v) is 6.54. The minimum Gasteiger partial charge on any atom is -0.379 e. The monoisotopic (exact) mass is 264 g/mol. The number of hydrogen-bond acceptors (Lipinski definition) is 4. The van der Waals surface area contributed by atoms with Gasteiger partial charge in [-0.15, -0.1) is 0 Å². The van der Waals surface area contributed by atoms with Crippen molar-refractivity contribution in [2.24, 2.45) is 11.7 Å². The van der Waals surface area contributed by atoms with Crippen LogP contribution in [-0.4, -0.2) is 50.8 Å². The lowest BCUT2D eigenvalue weighted by Crippen LogP contribution is -2.46.